The number of ether oxygens (including phenoxy) is 1. The largest absolute Gasteiger partial charge is 0.396 e. The Bertz CT molecular complexity index is 59.2. The van der Waals surface area contributed by atoms with Crippen molar-refractivity contribution in [3.8, 4) is 0 Å². The third kappa shape index (κ3) is 24.5. The molecule has 2 N–H and O–H groups in total. The maximum atomic E-state index is 8.43. The van der Waals surface area contributed by atoms with Gasteiger partial charge in [-0.3, -0.25) is 0 Å². The van der Waals surface area contributed by atoms with Crippen LogP contribution in [0.3, 0.4) is 0 Å². The highest BCUT2D eigenvalue weighted by Crippen LogP contribution is 2.03. The van der Waals surface area contributed by atoms with Gasteiger partial charge in [0.25, 0.3) is 0 Å². The molecule has 3 heteroatoms. The van der Waals surface area contributed by atoms with Gasteiger partial charge in [0.05, 0.1) is 0 Å². The summed E-state index contributed by atoms with van der Waals surface area (Å²) < 4.78 is 4.25. The van der Waals surface area contributed by atoms with Crippen LogP contribution in [-0.4, -0.2) is 37.6 Å². The summed E-state index contributed by atoms with van der Waals surface area (Å²) in [5.74, 6) is 0. The topological polar surface area (TPSA) is 49.7 Å². The minimum atomic E-state index is 0.319. The van der Waals surface area contributed by atoms with E-state index >= 15 is 0 Å². The molecule has 0 bridgehead atoms. The Labute approximate surface area is 81.7 Å². The summed E-state index contributed by atoms with van der Waals surface area (Å²) in [5, 5.41) is 16.9. The highest BCUT2D eigenvalue weighted by atomic mass is 16.4. The first-order valence-corrected chi connectivity index (χ1v) is 4.95. The van der Waals surface area contributed by atoms with Crippen LogP contribution in [0.25, 0.3) is 0 Å². The van der Waals surface area contributed by atoms with E-state index in [1.807, 2.05) is 0 Å². The van der Waals surface area contributed by atoms with Crippen LogP contribution in [0.2, 0.25) is 0 Å². The SMILES string of the molecule is COC.OCCCCCCCCO. The number of methoxy groups -OCH3 is 1. The second-order valence-electron chi connectivity index (χ2n) is 2.98. The molecule has 0 aromatic heterocycles. The van der Waals surface area contributed by atoms with Gasteiger partial charge in [0, 0.05) is 27.4 Å². The summed E-state index contributed by atoms with van der Waals surface area (Å²) in [6, 6.07) is 0. The average Bonchev–Trinajstić information content (AvgIpc) is 2.13. The molecular formula is C10H24O3. The summed E-state index contributed by atoms with van der Waals surface area (Å²) >= 11 is 0. The van der Waals surface area contributed by atoms with Gasteiger partial charge >= 0.3 is 0 Å². The van der Waals surface area contributed by atoms with Crippen molar-refractivity contribution >= 4 is 0 Å². The first-order valence-electron chi connectivity index (χ1n) is 4.95. The molecule has 0 aliphatic heterocycles. The van der Waals surface area contributed by atoms with Crippen LogP contribution in [0, 0.1) is 0 Å². The van der Waals surface area contributed by atoms with Crippen molar-refractivity contribution in [3.05, 3.63) is 0 Å². The van der Waals surface area contributed by atoms with Crippen LogP contribution < -0.4 is 0 Å². The van der Waals surface area contributed by atoms with E-state index in [1.54, 1.807) is 14.2 Å². The van der Waals surface area contributed by atoms with Crippen LogP contribution >= 0.6 is 0 Å². The van der Waals surface area contributed by atoms with E-state index in [9.17, 15) is 0 Å². The minimum Gasteiger partial charge on any atom is -0.396 e. The summed E-state index contributed by atoms with van der Waals surface area (Å²) in [4.78, 5) is 0. The zero-order chi connectivity index (χ0) is 10.4. The molecule has 0 heterocycles. The lowest BCUT2D eigenvalue weighted by molar-refractivity contribution is 0.275. The monoisotopic (exact) mass is 192 g/mol. The van der Waals surface area contributed by atoms with Gasteiger partial charge in [-0.05, 0) is 12.8 Å². The van der Waals surface area contributed by atoms with E-state index in [2.05, 4.69) is 4.74 Å². The smallest absolute Gasteiger partial charge is 0.0431 e. The normalized spacial score (nSPS) is 9.23. The summed E-state index contributed by atoms with van der Waals surface area (Å²) in [6.07, 6.45) is 6.50. The zero-order valence-corrected chi connectivity index (χ0v) is 8.96. The zero-order valence-electron chi connectivity index (χ0n) is 8.96. The molecule has 0 unspecified atom stereocenters. The summed E-state index contributed by atoms with van der Waals surface area (Å²) in [7, 11) is 3.25. The van der Waals surface area contributed by atoms with Crippen molar-refractivity contribution in [1.82, 2.24) is 0 Å². The first-order chi connectivity index (χ1) is 6.33. The first kappa shape index (κ1) is 15.4. The predicted octanol–water partition coefficient (Wildman–Crippen LogP) is 1.57. The van der Waals surface area contributed by atoms with Crippen LogP contribution in [0.4, 0.5) is 0 Å². The van der Waals surface area contributed by atoms with Gasteiger partial charge < -0.3 is 14.9 Å². The molecule has 0 fully saturated rings. The van der Waals surface area contributed by atoms with Gasteiger partial charge in [-0.25, -0.2) is 0 Å². The van der Waals surface area contributed by atoms with E-state index in [1.165, 1.54) is 12.8 Å². The van der Waals surface area contributed by atoms with Crippen molar-refractivity contribution in [1.29, 1.82) is 0 Å². The maximum Gasteiger partial charge on any atom is 0.0431 e. The van der Waals surface area contributed by atoms with Crippen molar-refractivity contribution in [2.24, 2.45) is 0 Å². The highest BCUT2D eigenvalue weighted by molar-refractivity contribution is 4.43. The number of rotatable bonds is 7. The van der Waals surface area contributed by atoms with Gasteiger partial charge in [0.2, 0.25) is 0 Å². The lowest BCUT2D eigenvalue weighted by Crippen LogP contribution is -1.85. The molecule has 13 heavy (non-hydrogen) atoms. The van der Waals surface area contributed by atoms with E-state index in [-0.39, 0.29) is 0 Å². The van der Waals surface area contributed by atoms with E-state index < -0.39 is 0 Å². The second kappa shape index (κ2) is 17.8. The molecule has 0 aromatic rings. The van der Waals surface area contributed by atoms with Crippen LogP contribution in [-0.2, 0) is 4.74 Å². The van der Waals surface area contributed by atoms with Crippen molar-refractivity contribution in [2.45, 2.75) is 38.5 Å². The quantitative estimate of drug-likeness (QED) is 0.602. The highest BCUT2D eigenvalue weighted by Gasteiger charge is 1.88. The molecule has 0 radical (unpaired) electrons. The molecule has 0 amide bonds. The molecule has 0 saturated carbocycles. The van der Waals surface area contributed by atoms with Gasteiger partial charge in [-0.15, -0.1) is 0 Å². The van der Waals surface area contributed by atoms with E-state index in [0.29, 0.717) is 13.2 Å². The van der Waals surface area contributed by atoms with Gasteiger partial charge in [-0.1, -0.05) is 25.7 Å². The molecule has 0 rings (SSSR count). The van der Waals surface area contributed by atoms with Crippen LogP contribution in [0.15, 0.2) is 0 Å². The number of aliphatic hydroxyl groups is 2. The Balaban J connectivity index is 0. The molecule has 0 spiro atoms. The molecule has 0 atom stereocenters. The van der Waals surface area contributed by atoms with Gasteiger partial charge in [0.15, 0.2) is 0 Å². The third-order valence-electron chi connectivity index (χ3n) is 1.57. The molecule has 82 valence electrons. The number of unbranched alkanes of at least 4 members (excludes halogenated alkanes) is 5. The molecule has 0 aromatic carbocycles. The standard InChI is InChI=1S/C8H18O2.C2H6O/c9-7-5-3-1-2-4-6-8-10;1-3-2/h9-10H,1-8H2;1-2H3. The predicted molar refractivity (Wildman–Crippen MR) is 54.8 cm³/mol. The lowest BCUT2D eigenvalue weighted by atomic mass is 10.1. The van der Waals surface area contributed by atoms with E-state index in [4.69, 9.17) is 10.2 Å². The van der Waals surface area contributed by atoms with Crippen molar-refractivity contribution in [2.75, 3.05) is 27.4 Å². The fourth-order valence-electron chi connectivity index (χ4n) is 0.931. The van der Waals surface area contributed by atoms with E-state index in [0.717, 1.165) is 25.7 Å². The average molecular weight is 192 g/mol. The van der Waals surface area contributed by atoms with Crippen LogP contribution in [0.5, 0.6) is 0 Å². The van der Waals surface area contributed by atoms with Gasteiger partial charge in [0.1, 0.15) is 0 Å². The fraction of sp³-hybridized carbons (Fsp3) is 1.00. The lowest BCUT2D eigenvalue weighted by Gasteiger charge is -1.97. The van der Waals surface area contributed by atoms with Crippen molar-refractivity contribution in [3.63, 3.8) is 0 Å². The number of aliphatic hydroxyl groups excluding tert-OH is 2. The molecule has 0 aliphatic rings. The van der Waals surface area contributed by atoms with Gasteiger partial charge in [-0.2, -0.15) is 0 Å². The number of hydrogen-bond acceptors (Lipinski definition) is 3. The molecule has 0 aliphatic carbocycles. The fourth-order valence-corrected chi connectivity index (χ4v) is 0.931. The molecule has 0 saturated heterocycles. The Morgan fingerprint density at radius 1 is 0.692 bits per heavy atom. The number of hydrogen-bond donors (Lipinski definition) is 2. The molecular weight excluding hydrogens is 168 g/mol. The second-order valence-corrected chi connectivity index (χ2v) is 2.98. The Morgan fingerprint density at radius 2 is 0.923 bits per heavy atom. The minimum absolute atomic E-state index is 0.319. The third-order valence-corrected chi connectivity index (χ3v) is 1.57. The Morgan fingerprint density at radius 3 is 1.15 bits per heavy atom. The summed E-state index contributed by atoms with van der Waals surface area (Å²) in [6.45, 7) is 0.639. The maximum absolute atomic E-state index is 8.43. The van der Waals surface area contributed by atoms with Crippen molar-refractivity contribution < 1.29 is 14.9 Å². The summed E-state index contributed by atoms with van der Waals surface area (Å²) in [5.41, 5.74) is 0. The Hall–Kier alpha value is -0.120. The van der Waals surface area contributed by atoms with Crippen LogP contribution in [0.1, 0.15) is 38.5 Å². The molecule has 3 nitrogen and oxygen atoms in total. The Kier molecular flexibility index (Phi) is 21.1.